The highest BCUT2D eigenvalue weighted by Gasteiger charge is 2.21. The highest BCUT2D eigenvalue weighted by Crippen LogP contribution is 2.30. The lowest BCUT2D eigenvalue weighted by Crippen LogP contribution is -2.32. The zero-order chi connectivity index (χ0) is 14.7. The van der Waals surface area contributed by atoms with Crippen LogP contribution < -0.4 is 4.57 Å². The van der Waals surface area contributed by atoms with Gasteiger partial charge in [-0.3, -0.25) is 4.98 Å². The fourth-order valence-electron chi connectivity index (χ4n) is 3.64. The molecule has 1 aliphatic rings. The molecule has 0 bridgehead atoms. The predicted octanol–water partition coefficient (Wildman–Crippen LogP) is 4.00. The Balaban J connectivity index is 1.97. The van der Waals surface area contributed by atoms with E-state index < -0.39 is 0 Å². The van der Waals surface area contributed by atoms with E-state index in [0.717, 1.165) is 5.92 Å². The first-order valence-corrected chi connectivity index (χ1v) is 8.14. The van der Waals surface area contributed by atoms with Gasteiger partial charge in [0.15, 0.2) is 6.20 Å². The van der Waals surface area contributed by atoms with Gasteiger partial charge in [0.05, 0.1) is 5.56 Å². The number of hydrogen-bond acceptors (Lipinski definition) is 1. The average molecular weight is 281 g/mol. The monoisotopic (exact) mass is 281 g/mol. The highest BCUT2D eigenvalue weighted by molar-refractivity contribution is 5.63. The van der Waals surface area contributed by atoms with Crippen molar-refractivity contribution in [3.63, 3.8) is 0 Å². The summed E-state index contributed by atoms with van der Waals surface area (Å²) in [4.78, 5) is 4.24. The van der Waals surface area contributed by atoms with Crippen molar-refractivity contribution in [3.05, 3.63) is 47.9 Å². The molecule has 1 fully saturated rings. The van der Waals surface area contributed by atoms with Crippen LogP contribution in [0.1, 0.15) is 43.2 Å². The molecule has 0 atom stereocenters. The van der Waals surface area contributed by atoms with E-state index in [-0.39, 0.29) is 0 Å². The molecular weight excluding hydrogens is 256 g/mol. The SMILES string of the molecule is Cc1cnccc1-c1c(CC2CCCCC2)ccc[n+]1C. The van der Waals surface area contributed by atoms with Gasteiger partial charge in [-0.05, 0) is 37.0 Å². The Kier molecular flexibility index (Phi) is 4.33. The van der Waals surface area contributed by atoms with Crippen LogP contribution in [-0.2, 0) is 13.5 Å². The minimum absolute atomic E-state index is 0.863. The first-order valence-electron chi connectivity index (χ1n) is 8.14. The molecule has 0 aliphatic heterocycles. The Bertz CT molecular complexity index is 613. The van der Waals surface area contributed by atoms with E-state index in [2.05, 4.69) is 47.9 Å². The topological polar surface area (TPSA) is 16.8 Å². The summed E-state index contributed by atoms with van der Waals surface area (Å²) in [6.07, 6.45) is 14.3. The van der Waals surface area contributed by atoms with Crippen molar-refractivity contribution >= 4 is 0 Å². The molecule has 0 radical (unpaired) electrons. The first-order chi connectivity index (χ1) is 10.3. The van der Waals surface area contributed by atoms with E-state index in [1.165, 1.54) is 60.9 Å². The summed E-state index contributed by atoms with van der Waals surface area (Å²) >= 11 is 0. The van der Waals surface area contributed by atoms with Crippen LogP contribution in [0.2, 0.25) is 0 Å². The molecule has 1 aliphatic carbocycles. The lowest BCUT2D eigenvalue weighted by Gasteiger charge is -2.22. The van der Waals surface area contributed by atoms with Crippen molar-refractivity contribution in [1.29, 1.82) is 0 Å². The summed E-state index contributed by atoms with van der Waals surface area (Å²) in [6.45, 7) is 2.15. The minimum atomic E-state index is 0.863. The maximum absolute atomic E-state index is 4.24. The third kappa shape index (κ3) is 3.15. The second kappa shape index (κ2) is 6.38. The molecule has 2 nitrogen and oxygen atoms in total. The van der Waals surface area contributed by atoms with Crippen LogP contribution in [0.5, 0.6) is 0 Å². The smallest absolute Gasteiger partial charge is 0.215 e. The summed E-state index contributed by atoms with van der Waals surface area (Å²) in [6, 6.07) is 6.64. The van der Waals surface area contributed by atoms with Crippen molar-refractivity contribution in [2.45, 2.75) is 45.4 Å². The number of aromatic nitrogens is 2. The number of pyridine rings is 2. The summed E-state index contributed by atoms with van der Waals surface area (Å²) in [5.74, 6) is 0.863. The van der Waals surface area contributed by atoms with E-state index in [1.54, 1.807) is 0 Å². The molecule has 2 aromatic heterocycles. The summed E-state index contributed by atoms with van der Waals surface area (Å²) in [5, 5.41) is 0. The van der Waals surface area contributed by atoms with E-state index in [9.17, 15) is 0 Å². The van der Waals surface area contributed by atoms with Gasteiger partial charge in [-0.1, -0.05) is 32.1 Å². The van der Waals surface area contributed by atoms with E-state index in [1.807, 2.05) is 12.4 Å². The maximum Gasteiger partial charge on any atom is 0.215 e. The van der Waals surface area contributed by atoms with E-state index >= 15 is 0 Å². The van der Waals surface area contributed by atoms with Gasteiger partial charge in [0.2, 0.25) is 5.69 Å². The van der Waals surface area contributed by atoms with Gasteiger partial charge in [-0.15, -0.1) is 0 Å². The van der Waals surface area contributed by atoms with Crippen molar-refractivity contribution in [2.75, 3.05) is 0 Å². The first kappa shape index (κ1) is 14.2. The van der Waals surface area contributed by atoms with Crippen molar-refractivity contribution in [1.82, 2.24) is 4.98 Å². The van der Waals surface area contributed by atoms with Gasteiger partial charge in [-0.2, -0.15) is 0 Å². The fraction of sp³-hybridized carbons (Fsp3) is 0.474. The van der Waals surface area contributed by atoms with Gasteiger partial charge >= 0.3 is 0 Å². The molecule has 0 aromatic carbocycles. The minimum Gasteiger partial charge on any atom is -0.264 e. The Morgan fingerprint density at radius 2 is 2.00 bits per heavy atom. The van der Waals surface area contributed by atoms with Crippen molar-refractivity contribution in [2.24, 2.45) is 13.0 Å². The second-order valence-corrected chi connectivity index (χ2v) is 6.39. The quantitative estimate of drug-likeness (QED) is 0.777. The molecule has 0 spiro atoms. The Hall–Kier alpha value is -1.70. The molecular formula is C19H25N2+. The molecule has 0 N–H and O–H groups in total. The summed E-state index contributed by atoms with van der Waals surface area (Å²) < 4.78 is 2.26. The van der Waals surface area contributed by atoms with E-state index in [0.29, 0.717) is 0 Å². The average Bonchev–Trinajstić information content (AvgIpc) is 2.50. The Morgan fingerprint density at radius 1 is 1.19 bits per heavy atom. The molecule has 21 heavy (non-hydrogen) atoms. The molecule has 2 heteroatoms. The molecule has 3 rings (SSSR count). The van der Waals surface area contributed by atoms with Gasteiger partial charge < -0.3 is 0 Å². The van der Waals surface area contributed by atoms with Gasteiger partial charge in [0.1, 0.15) is 7.05 Å². The van der Waals surface area contributed by atoms with Crippen LogP contribution in [0.15, 0.2) is 36.8 Å². The van der Waals surface area contributed by atoms with Crippen molar-refractivity contribution in [3.8, 4) is 11.3 Å². The Labute approximate surface area is 127 Å². The van der Waals surface area contributed by atoms with Crippen LogP contribution >= 0.6 is 0 Å². The number of nitrogens with zero attached hydrogens (tertiary/aromatic N) is 2. The summed E-state index contributed by atoms with van der Waals surface area (Å²) in [7, 11) is 2.15. The van der Waals surface area contributed by atoms with Gasteiger partial charge in [0, 0.05) is 24.0 Å². The lowest BCUT2D eigenvalue weighted by molar-refractivity contribution is -0.660. The van der Waals surface area contributed by atoms with Gasteiger partial charge in [-0.25, -0.2) is 4.57 Å². The molecule has 2 aromatic rings. The third-order valence-corrected chi connectivity index (χ3v) is 4.77. The number of aryl methyl sites for hydroxylation is 2. The van der Waals surface area contributed by atoms with Crippen molar-refractivity contribution < 1.29 is 4.57 Å². The molecule has 0 unspecified atom stereocenters. The van der Waals surface area contributed by atoms with E-state index in [4.69, 9.17) is 0 Å². The molecule has 110 valence electrons. The van der Waals surface area contributed by atoms with Crippen LogP contribution in [0.3, 0.4) is 0 Å². The largest absolute Gasteiger partial charge is 0.264 e. The summed E-state index contributed by atoms with van der Waals surface area (Å²) in [5.41, 5.74) is 5.42. The maximum atomic E-state index is 4.24. The standard InChI is InChI=1S/C19H25N2/c1-15-14-20-11-10-18(15)19-17(9-6-12-21(19)2)13-16-7-4-3-5-8-16/h6,9-12,14,16H,3-5,7-8,13H2,1-2H3/q+1. The fourth-order valence-corrected chi connectivity index (χ4v) is 3.64. The highest BCUT2D eigenvalue weighted by atomic mass is 14.9. The number of rotatable bonds is 3. The van der Waals surface area contributed by atoms with Crippen LogP contribution in [-0.4, -0.2) is 4.98 Å². The zero-order valence-electron chi connectivity index (χ0n) is 13.2. The predicted molar refractivity (Wildman–Crippen MR) is 85.9 cm³/mol. The second-order valence-electron chi connectivity index (χ2n) is 6.39. The van der Waals surface area contributed by atoms with Crippen LogP contribution in [0.4, 0.5) is 0 Å². The Morgan fingerprint density at radius 3 is 2.76 bits per heavy atom. The molecule has 0 amide bonds. The number of hydrogen-bond donors (Lipinski definition) is 0. The third-order valence-electron chi connectivity index (χ3n) is 4.77. The normalized spacial score (nSPS) is 16.1. The van der Waals surface area contributed by atoms with Crippen LogP contribution in [0, 0.1) is 12.8 Å². The molecule has 2 heterocycles. The molecule has 1 saturated carbocycles. The van der Waals surface area contributed by atoms with Crippen LogP contribution in [0.25, 0.3) is 11.3 Å². The molecule has 0 saturated heterocycles. The van der Waals surface area contributed by atoms with Gasteiger partial charge in [0.25, 0.3) is 0 Å². The zero-order valence-corrected chi connectivity index (χ0v) is 13.2. The lowest BCUT2D eigenvalue weighted by atomic mass is 9.84.